The van der Waals surface area contributed by atoms with Gasteiger partial charge in [0.25, 0.3) is 0 Å². The zero-order valence-electron chi connectivity index (χ0n) is 30.2. The number of H-pyrrole nitrogens is 1. The average molecular weight is 788 g/mol. The van der Waals surface area contributed by atoms with Gasteiger partial charge in [-0.25, -0.2) is 26.5 Å². The fourth-order valence-corrected chi connectivity index (χ4v) is 10.6. The Kier molecular flexibility index (Phi) is 10.9. The van der Waals surface area contributed by atoms with Gasteiger partial charge in [-0.1, -0.05) is 42.5 Å². The van der Waals surface area contributed by atoms with Crippen LogP contribution in [0.15, 0.2) is 88.7 Å². The van der Waals surface area contributed by atoms with E-state index in [4.69, 9.17) is 15.2 Å². The number of aromatic nitrogens is 6. The van der Waals surface area contributed by atoms with Crippen LogP contribution in [0.25, 0.3) is 33.5 Å². The molecule has 0 unspecified atom stereocenters. The number of aromatic amines is 1. The lowest BCUT2D eigenvalue weighted by molar-refractivity contribution is 0.174. The molecule has 55 heavy (non-hydrogen) atoms. The standard InChI is InChI=1S/C37H41N9O7S2/c1-52-26-10-6-24(7-11-26)22-39-55(50,51)35-32(54(48,49)28-16-18-45(19-17-28)20-21-47)15-14-29(30-4-3-5-31-34(30)41-37(38)40-31)33(35)36-42-44-46(43-36)23-25-8-12-27(53-2)13-9-25/h3-15,28,39,47H,16-23H2,1-2H3,(H3,38,40,41). The number of nitrogen functional groups attached to an aromatic ring is 1. The second kappa shape index (κ2) is 15.8. The van der Waals surface area contributed by atoms with Gasteiger partial charge in [-0.05, 0) is 84.2 Å². The van der Waals surface area contributed by atoms with E-state index in [-0.39, 0.29) is 54.8 Å². The van der Waals surface area contributed by atoms with Gasteiger partial charge in [0.1, 0.15) is 16.4 Å². The van der Waals surface area contributed by atoms with E-state index in [1.54, 1.807) is 67.8 Å². The number of rotatable bonds is 14. The molecule has 7 rings (SSSR count). The molecule has 1 fully saturated rings. The summed E-state index contributed by atoms with van der Waals surface area (Å²) in [7, 11) is -5.83. The summed E-state index contributed by atoms with van der Waals surface area (Å²) in [6, 6.07) is 22.3. The molecule has 3 heterocycles. The summed E-state index contributed by atoms with van der Waals surface area (Å²) in [5, 5.41) is 21.8. The third-order valence-electron chi connectivity index (χ3n) is 9.69. The minimum absolute atomic E-state index is 0.0505. The van der Waals surface area contributed by atoms with Crippen molar-refractivity contribution >= 4 is 36.8 Å². The number of benzene rings is 4. The van der Waals surface area contributed by atoms with Crippen LogP contribution in [0, 0.1) is 0 Å². The predicted octanol–water partition coefficient (Wildman–Crippen LogP) is 3.24. The van der Waals surface area contributed by atoms with Gasteiger partial charge in [-0.2, -0.15) is 4.80 Å². The van der Waals surface area contributed by atoms with Crippen molar-refractivity contribution < 1.29 is 31.4 Å². The van der Waals surface area contributed by atoms with Crippen molar-refractivity contribution in [3.63, 3.8) is 0 Å². The fraction of sp³-hybridized carbons (Fsp3) is 0.297. The van der Waals surface area contributed by atoms with Crippen molar-refractivity contribution in [3.05, 3.63) is 90.0 Å². The number of nitrogens with two attached hydrogens (primary N) is 1. The molecule has 0 radical (unpaired) electrons. The van der Waals surface area contributed by atoms with Gasteiger partial charge in [0.15, 0.2) is 15.8 Å². The SMILES string of the molecule is COc1ccc(CNS(=O)(=O)c2c(S(=O)(=O)C3CCN(CCO)CC3)ccc(-c3cccc4[nH]c(N)nc34)c2-c2nnn(Cc3ccc(OC)cc3)n2)cc1. The number of tetrazole rings is 1. The Balaban J connectivity index is 1.42. The topological polar surface area (TPSA) is 221 Å². The molecule has 6 aromatic rings. The van der Waals surface area contributed by atoms with E-state index in [0.717, 1.165) is 5.56 Å². The van der Waals surface area contributed by atoms with Crippen LogP contribution in [0.4, 0.5) is 5.95 Å². The summed E-state index contributed by atoms with van der Waals surface area (Å²) in [4.78, 5) is 9.90. The van der Waals surface area contributed by atoms with Crippen molar-refractivity contribution in [2.75, 3.05) is 46.2 Å². The molecule has 1 saturated heterocycles. The second-order valence-corrected chi connectivity index (χ2v) is 17.0. The summed E-state index contributed by atoms with van der Waals surface area (Å²) in [6.07, 6.45) is 0.501. The largest absolute Gasteiger partial charge is 0.497 e. The van der Waals surface area contributed by atoms with Gasteiger partial charge >= 0.3 is 0 Å². The molecule has 288 valence electrons. The number of aliphatic hydroxyl groups excluding tert-OH is 1. The monoisotopic (exact) mass is 787 g/mol. The Labute approximate surface area is 318 Å². The quantitative estimate of drug-likeness (QED) is 0.125. The van der Waals surface area contributed by atoms with E-state index >= 15 is 0 Å². The van der Waals surface area contributed by atoms with Gasteiger partial charge < -0.3 is 30.2 Å². The predicted molar refractivity (Wildman–Crippen MR) is 206 cm³/mol. The summed E-state index contributed by atoms with van der Waals surface area (Å²) in [5.41, 5.74) is 9.24. The highest BCUT2D eigenvalue weighted by Crippen LogP contribution is 2.43. The number of hydrogen-bond acceptors (Lipinski definition) is 13. The summed E-state index contributed by atoms with van der Waals surface area (Å²) in [6.45, 7) is 1.25. The molecular weight excluding hydrogens is 747 g/mol. The Morgan fingerprint density at radius 3 is 2.22 bits per heavy atom. The van der Waals surface area contributed by atoms with Crippen LogP contribution in [0.1, 0.15) is 24.0 Å². The highest BCUT2D eigenvalue weighted by molar-refractivity contribution is 7.94. The minimum atomic E-state index is -4.65. The third kappa shape index (κ3) is 7.90. The number of anilines is 1. The van der Waals surface area contributed by atoms with E-state index in [0.29, 0.717) is 58.9 Å². The van der Waals surface area contributed by atoms with Crippen molar-refractivity contribution in [3.8, 4) is 34.0 Å². The van der Waals surface area contributed by atoms with Crippen LogP contribution in [0.3, 0.4) is 0 Å². The molecule has 0 bridgehead atoms. The number of methoxy groups -OCH3 is 2. The van der Waals surface area contributed by atoms with E-state index in [2.05, 4.69) is 30.1 Å². The third-order valence-corrected chi connectivity index (χ3v) is 13.6. The molecule has 0 atom stereocenters. The van der Waals surface area contributed by atoms with Crippen molar-refractivity contribution in [2.24, 2.45) is 0 Å². The molecule has 0 saturated carbocycles. The first-order valence-electron chi connectivity index (χ1n) is 17.5. The maximum absolute atomic E-state index is 14.8. The fourth-order valence-electron chi connectivity index (χ4n) is 6.83. The number of para-hydroxylation sites is 1. The number of aliphatic hydroxyl groups is 1. The molecule has 16 nitrogen and oxygen atoms in total. The zero-order chi connectivity index (χ0) is 38.7. The summed E-state index contributed by atoms with van der Waals surface area (Å²) >= 11 is 0. The molecule has 5 N–H and O–H groups in total. The Morgan fingerprint density at radius 2 is 1.56 bits per heavy atom. The molecule has 2 aromatic heterocycles. The maximum Gasteiger partial charge on any atom is 0.242 e. The minimum Gasteiger partial charge on any atom is -0.497 e. The number of ether oxygens (including phenoxy) is 2. The molecule has 4 aromatic carbocycles. The summed E-state index contributed by atoms with van der Waals surface area (Å²) in [5.74, 6) is 1.30. The maximum atomic E-state index is 14.8. The lowest BCUT2D eigenvalue weighted by atomic mass is 9.98. The van der Waals surface area contributed by atoms with E-state index in [1.807, 2.05) is 17.0 Å². The number of imidazole rings is 1. The molecule has 0 amide bonds. The van der Waals surface area contributed by atoms with Crippen LogP contribution in [0.2, 0.25) is 0 Å². The highest BCUT2D eigenvalue weighted by Gasteiger charge is 2.39. The molecule has 0 aliphatic carbocycles. The Bertz CT molecular complexity index is 2510. The molecule has 1 aliphatic rings. The molecular formula is C37H41N9O7S2. The van der Waals surface area contributed by atoms with Gasteiger partial charge in [0.05, 0.1) is 54.1 Å². The number of hydrogen-bond donors (Lipinski definition) is 4. The van der Waals surface area contributed by atoms with E-state index in [9.17, 15) is 21.9 Å². The first-order valence-corrected chi connectivity index (χ1v) is 20.6. The van der Waals surface area contributed by atoms with Crippen LogP contribution in [-0.4, -0.2) is 103 Å². The number of sulfone groups is 1. The van der Waals surface area contributed by atoms with Crippen molar-refractivity contribution in [1.82, 2.24) is 39.8 Å². The first kappa shape index (κ1) is 37.9. The van der Waals surface area contributed by atoms with Gasteiger partial charge in [0, 0.05) is 18.7 Å². The first-order chi connectivity index (χ1) is 26.5. The number of nitrogens with zero attached hydrogens (tertiary/aromatic N) is 6. The van der Waals surface area contributed by atoms with Crippen LogP contribution in [0.5, 0.6) is 11.5 Å². The number of β-amino-alcohol motifs (C(OH)–C–C–N with tert-alkyl or cyclic N) is 1. The van der Waals surface area contributed by atoms with Crippen LogP contribution < -0.4 is 19.9 Å². The van der Waals surface area contributed by atoms with E-state index < -0.39 is 30.0 Å². The lowest BCUT2D eigenvalue weighted by Crippen LogP contribution is -2.41. The van der Waals surface area contributed by atoms with Crippen molar-refractivity contribution in [1.29, 1.82) is 0 Å². The normalized spacial score (nSPS) is 14.4. The molecule has 1 aliphatic heterocycles. The second-order valence-electron chi connectivity index (χ2n) is 13.1. The number of likely N-dealkylation sites (tertiary alicyclic amines) is 1. The van der Waals surface area contributed by atoms with Gasteiger partial charge in [0.2, 0.25) is 15.8 Å². The number of sulfonamides is 1. The summed E-state index contributed by atoms with van der Waals surface area (Å²) < 4.78 is 72.3. The lowest BCUT2D eigenvalue weighted by Gasteiger charge is -2.31. The van der Waals surface area contributed by atoms with Crippen molar-refractivity contribution in [2.45, 2.75) is 41.0 Å². The molecule has 18 heteroatoms. The number of nitrogens with one attached hydrogen (secondary N) is 2. The van der Waals surface area contributed by atoms with E-state index in [1.165, 1.54) is 18.0 Å². The van der Waals surface area contributed by atoms with Crippen LogP contribution >= 0.6 is 0 Å². The highest BCUT2D eigenvalue weighted by atomic mass is 32.2. The Hall–Kier alpha value is -5.40. The number of fused-ring (bicyclic) bond motifs is 1. The van der Waals surface area contributed by atoms with Crippen LogP contribution in [-0.2, 0) is 33.0 Å². The smallest absolute Gasteiger partial charge is 0.242 e. The van der Waals surface area contributed by atoms with Gasteiger partial charge in [-0.3, -0.25) is 0 Å². The zero-order valence-corrected chi connectivity index (χ0v) is 31.8. The Morgan fingerprint density at radius 1 is 0.891 bits per heavy atom. The number of piperidine rings is 1. The average Bonchev–Trinajstić information content (AvgIpc) is 3.83. The van der Waals surface area contributed by atoms with Gasteiger partial charge in [-0.15, -0.1) is 10.2 Å². The molecule has 0 spiro atoms.